The summed E-state index contributed by atoms with van der Waals surface area (Å²) < 4.78 is 6.61. The van der Waals surface area contributed by atoms with E-state index in [0.717, 1.165) is 38.8 Å². The summed E-state index contributed by atoms with van der Waals surface area (Å²) in [6, 6.07) is 0.329. The van der Waals surface area contributed by atoms with Crippen molar-refractivity contribution in [2.75, 3.05) is 13.1 Å². The van der Waals surface area contributed by atoms with E-state index in [0.29, 0.717) is 12.5 Å². The molecule has 0 radical (unpaired) electrons. The van der Waals surface area contributed by atoms with Gasteiger partial charge in [0.1, 0.15) is 0 Å². The first-order chi connectivity index (χ1) is 15.4. The van der Waals surface area contributed by atoms with Gasteiger partial charge in [0.2, 0.25) is 0 Å². The molecule has 0 aromatic carbocycles. The predicted molar refractivity (Wildman–Crippen MR) is 141 cm³/mol. The average Bonchev–Trinajstić information content (AvgIpc) is 3.06. The van der Waals surface area contributed by atoms with Crippen molar-refractivity contribution >= 4 is 17.6 Å². The minimum atomic E-state index is -0.721. The van der Waals surface area contributed by atoms with E-state index in [1.54, 1.807) is 6.92 Å². The smallest absolute Gasteiger partial charge is 0.306 e. The Labute approximate surface area is 208 Å². The average molecular weight is 484 g/mol. The molecule has 0 aromatic rings. The van der Waals surface area contributed by atoms with Crippen LogP contribution in [-0.2, 0) is 9.53 Å². The molecule has 0 amide bonds. The van der Waals surface area contributed by atoms with E-state index in [-0.39, 0.29) is 28.4 Å². The minimum absolute atomic E-state index is 0.0737. The van der Waals surface area contributed by atoms with E-state index in [1.165, 1.54) is 19.3 Å². The molecule has 0 bridgehead atoms. The van der Waals surface area contributed by atoms with Crippen LogP contribution in [0.15, 0.2) is 24.3 Å². The number of carbonyl (C=O) groups is 1. The van der Waals surface area contributed by atoms with Crippen molar-refractivity contribution < 1.29 is 14.6 Å². The summed E-state index contributed by atoms with van der Waals surface area (Å²) in [5, 5.41) is 9.16. The van der Waals surface area contributed by atoms with E-state index in [1.807, 2.05) is 0 Å². The van der Waals surface area contributed by atoms with Gasteiger partial charge >= 0.3 is 5.97 Å². The highest BCUT2D eigenvalue weighted by molar-refractivity contribution is 6.21. The molecule has 5 heteroatoms. The van der Waals surface area contributed by atoms with Gasteiger partial charge in [-0.1, -0.05) is 78.2 Å². The molecule has 1 aliphatic heterocycles. The highest BCUT2D eigenvalue weighted by Gasteiger charge is 2.35. The molecule has 192 valence electrons. The Kier molecular flexibility index (Phi) is 13.3. The van der Waals surface area contributed by atoms with Crippen molar-refractivity contribution in [3.63, 3.8) is 0 Å². The number of ether oxygens (including phenoxy) is 1. The molecule has 1 saturated heterocycles. The third kappa shape index (κ3) is 11.0. The Morgan fingerprint density at radius 1 is 1.15 bits per heavy atom. The van der Waals surface area contributed by atoms with Crippen LogP contribution in [0.2, 0.25) is 0 Å². The highest BCUT2D eigenvalue weighted by Crippen LogP contribution is 2.35. The molecule has 1 aliphatic rings. The maximum atomic E-state index is 10.9. The molecule has 3 unspecified atom stereocenters. The lowest BCUT2D eigenvalue weighted by molar-refractivity contribution is -0.141. The Morgan fingerprint density at radius 2 is 1.85 bits per heavy atom. The summed E-state index contributed by atoms with van der Waals surface area (Å²) in [4.78, 5) is 13.4. The second-order valence-electron chi connectivity index (χ2n) is 11.2. The van der Waals surface area contributed by atoms with Crippen LogP contribution in [-0.4, -0.2) is 52.2 Å². The first-order valence-electron chi connectivity index (χ1n) is 13.0. The van der Waals surface area contributed by atoms with Gasteiger partial charge in [-0.25, -0.2) is 0 Å². The Hall–Kier alpha value is -0.840. The van der Waals surface area contributed by atoms with E-state index in [4.69, 9.17) is 21.4 Å². The number of carboxylic acid groups (broad SMARTS) is 1. The van der Waals surface area contributed by atoms with E-state index in [2.05, 4.69) is 70.7 Å². The molecular formula is C28H50ClNO3. The van der Waals surface area contributed by atoms with Gasteiger partial charge in [-0.2, -0.15) is 0 Å². The van der Waals surface area contributed by atoms with Crippen molar-refractivity contribution in [2.24, 2.45) is 11.3 Å². The Bertz CT molecular complexity index is 623. The number of hydrogen-bond acceptors (Lipinski definition) is 3. The monoisotopic (exact) mass is 483 g/mol. The fourth-order valence-corrected chi connectivity index (χ4v) is 4.28. The van der Waals surface area contributed by atoms with Gasteiger partial charge in [0.05, 0.1) is 23.0 Å². The number of allylic oxidation sites excluding steroid dienone is 1. The number of halogens is 1. The summed E-state index contributed by atoms with van der Waals surface area (Å²) in [5.74, 6) is -1.01. The largest absolute Gasteiger partial charge is 0.481 e. The lowest BCUT2D eigenvalue weighted by Gasteiger charge is -2.41. The SMILES string of the molecule is CCCCCC(C=CCN1CC[C@@H](Cl)C1CC=CCCC(C)C(=O)O)OC(C)(C)C(C)(C)C. The number of carboxylic acids is 1. The van der Waals surface area contributed by atoms with Crippen LogP contribution in [0.25, 0.3) is 0 Å². The van der Waals surface area contributed by atoms with Crippen LogP contribution in [0.5, 0.6) is 0 Å². The molecule has 1 heterocycles. The van der Waals surface area contributed by atoms with Gasteiger partial charge in [0.15, 0.2) is 0 Å². The zero-order valence-electron chi connectivity index (χ0n) is 22.3. The maximum Gasteiger partial charge on any atom is 0.306 e. The van der Waals surface area contributed by atoms with E-state index >= 15 is 0 Å². The second-order valence-corrected chi connectivity index (χ2v) is 11.8. The first-order valence-corrected chi connectivity index (χ1v) is 13.4. The van der Waals surface area contributed by atoms with E-state index in [9.17, 15) is 4.79 Å². The normalized spacial score (nSPS) is 22.4. The van der Waals surface area contributed by atoms with Crippen molar-refractivity contribution in [3.05, 3.63) is 24.3 Å². The van der Waals surface area contributed by atoms with Crippen LogP contribution in [0.4, 0.5) is 0 Å². The molecule has 4 atom stereocenters. The highest BCUT2D eigenvalue weighted by atomic mass is 35.5. The summed E-state index contributed by atoms with van der Waals surface area (Å²) in [7, 11) is 0. The zero-order valence-corrected chi connectivity index (χ0v) is 23.0. The lowest BCUT2D eigenvalue weighted by Crippen LogP contribution is -2.42. The molecule has 0 aliphatic carbocycles. The molecule has 1 fully saturated rings. The number of rotatable bonds is 15. The Morgan fingerprint density at radius 3 is 2.45 bits per heavy atom. The molecule has 1 N–H and O–H groups in total. The van der Waals surface area contributed by atoms with Crippen molar-refractivity contribution in [3.8, 4) is 0 Å². The van der Waals surface area contributed by atoms with Crippen LogP contribution < -0.4 is 0 Å². The second kappa shape index (κ2) is 14.5. The minimum Gasteiger partial charge on any atom is -0.481 e. The Balaban J connectivity index is 2.65. The molecule has 1 rings (SSSR count). The fourth-order valence-electron chi connectivity index (χ4n) is 3.92. The van der Waals surface area contributed by atoms with E-state index < -0.39 is 5.97 Å². The van der Waals surface area contributed by atoms with Gasteiger partial charge < -0.3 is 9.84 Å². The molecule has 0 saturated carbocycles. The van der Waals surface area contributed by atoms with Crippen LogP contribution in [0.3, 0.4) is 0 Å². The third-order valence-corrected chi connectivity index (χ3v) is 7.85. The summed E-state index contributed by atoms with van der Waals surface area (Å²) in [5.41, 5.74) is -0.126. The van der Waals surface area contributed by atoms with Crippen molar-refractivity contribution in [2.45, 2.75) is 123 Å². The van der Waals surface area contributed by atoms with Crippen LogP contribution >= 0.6 is 11.6 Å². The number of alkyl halides is 1. The van der Waals surface area contributed by atoms with Gasteiger partial charge in [-0.15, -0.1) is 11.6 Å². The molecule has 0 aromatic heterocycles. The zero-order chi connectivity index (χ0) is 25.1. The van der Waals surface area contributed by atoms with Gasteiger partial charge in [-0.05, 0) is 51.4 Å². The summed E-state index contributed by atoms with van der Waals surface area (Å²) in [6.07, 6.45) is 17.1. The van der Waals surface area contributed by atoms with Gasteiger partial charge in [-0.3, -0.25) is 9.69 Å². The number of hydrogen-bond donors (Lipinski definition) is 1. The molecule has 4 nitrogen and oxygen atoms in total. The predicted octanol–water partition coefficient (Wildman–Crippen LogP) is 7.46. The van der Waals surface area contributed by atoms with Crippen LogP contribution in [0.1, 0.15) is 99.8 Å². The standard InChI is InChI=1S/C28H50ClNO3/c1-8-9-11-16-23(33-28(6,7)27(3,4)5)17-14-20-30-21-19-24(29)25(30)18-13-10-12-15-22(2)26(31)32/h10,13-14,17,22-25H,8-9,11-12,15-16,18-21H2,1-7H3,(H,31,32)/t22?,23?,24-,25?/m1/s1. The number of likely N-dealkylation sites (tertiary alicyclic amines) is 1. The third-order valence-electron chi connectivity index (χ3n) is 7.35. The summed E-state index contributed by atoms with van der Waals surface area (Å²) in [6.45, 7) is 17.0. The first kappa shape index (κ1) is 30.2. The number of aliphatic carboxylic acids is 1. The fraction of sp³-hybridized carbons (Fsp3) is 0.821. The van der Waals surface area contributed by atoms with Crippen molar-refractivity contribution in [1.29, 1.82) is 0 Å². The summed E-state index contributed by atoms with van der Waals surface area (Å²) >= 11 is 6.64. The topological polar surface area (TPSA) is 49.8 Å². The number of nitrogens with zero attached hydrogens (tertiary/aromatic N) is 1. The molecular weight excluding hydrogens is 434 g/mol. The van der Waals surface area contributed by atoms with Gasteiger partial charge in [0.25, 0.3) is 0 Å². The lowest BCUT2D eigenvalue weighted by atomic mass is 9.79. The molecule has 33 heavy (non-hydrogen) atoms. The van der Waals surface area contributed by atoms with Crippen molar-refractivity contribution in [1.82, 2.24) is 4.90 Å². The van der Waals surface area contributed by atoms with Crippen LogP contribution in [0, 0.1) is 11.3 Å². The quantitative estimate of drug-likeness (QED) is 0.149. The molecule has 0 spiro atoms. The maximum absolute atomic E-state index is 10.9. The number of unbranched alkanes of at least 4 members (excludes halogenated alkanes) is 2. The van der Waals surface area contributed by atoms with Gasteiger partial charge in [0, 0.05) is 19.1 Å².